The van der Waals surface area contributed by atoms with Gasteiger partial charge in [0.2, 0.25) is 0 Å². The zero-order chi connectivity index (χ0) is 21.0. The SMILES string of the molecule is CN(Cc1ccccc1)[C@@H]1[C@H](O)[C@H](CO)O[C@@H]1CNC(=O)c1ccc(F)c(Cl)c1. The van der Waals surface area contributed by atoms with Crippen molar-refractivity contribution in [3.63, 3.8) is 0 Å². The first-order chi connectivity index (χ1) is 13.9. The Morgan fingerprint density at radius 3 is 2.62 bits per heavy atom. The number of halogens is 2. The lowest BCUT2D eigenvalue weighted by atomic mass is 10.0. The average Bonchev–Trinajstić information content (AvgIpc) is 3.04. The molecule has 1 aliphatic heterocycles. The molecule has 2 aromatic rings. The summed E-state index contributed by atoms with van der Waals surface area (Å²) in [6, 6.07) is 13.1. The van der Waals surface area contributed by atoms with Crippen LogP contribution in [-0.4, -0.2) is 65.6 Å². The lowest BCUT2D eigenvalue weighted by Crippen LogP contribution is -2.49. The number of hydrogen-bond acceptors (Lipinski definition) is 5. The smallest absolute Gasteiger partial charge is 0.251 e. The maximum Gasteiger partial charge on any atom is 0.251 e. The molecule has 8 heteroatoms. The normalized spacial score (nSPS) is 24.1. The molecule has 3 rings (SSSR count). The molecule has 1 saturated heterocycles. The van der Waals surface area contributed by atoms with Crippen LogP contribution in [0.5, 0.6) is 0 Å². The molecule has 1 heterocycles. The zero-order valence-corrected chi connectivity index (χ0v) is 16.7. The second-order valence-corrected chi connectivity index (χ2v) is 7.52. The minimum absolute atomic E-state index is 0.116. The van der Waals surface area contributed by atoms with Crippen LogP contribution < -0.4 is 5.32 Å². The second-order valence-electron chi connectivity index (χ2n) is 7.12. The topological polar surface area (TPSA) is 82.0 Å². The van der Waals surface area contributed by atoms with Gasteiger partial charge < -0.3 is 20.3 Å². The van der Waals surface area contributed by atoms with Gasteiger partial charge in [-0.25, -0.2) is 4.39 Å². The summed E-state index contributed by atoms with van der Waals surface area (Å²) in [5.74, 6) is -1.03. The summed E-state index contributed by atoms with van der Waals surface area (Å²) in [4.78, 5) is 14.3. The molecule has 1 amide bonds. The Morgan fingerprint density at radius 2 is 1.97 bits per heavy atom. The number of likely N-dealkylation sites (N-methyl/N-ethyl adjacent to an activating group) is 1. The molecule has 1 aliphatic rings. The summed E-state index contributed by atoms with van der Waals surface area (Å²) in [5, 5.41) is 22.7. The van der Waals surface area contributed by atoms with Crippen LogP contribution in [0.4, 0.5) is 4.39 Å². The molecule has 156 valence electrons. The van der Waals surface area contributed by atoms with Crippen molar-refractivity contribution in [2.45, 2.75) is 30.9 Å². The molecular weight excluding hydrogens is 399 g/mol. The van der Waals surface area contributed by atoms with Crippen molar-refractivity contribution in [1.82, 2.24) is 10.2 Å². The van der Waals surface area contributed by atoms with Gasteiger partial charge in [0.1, 0.15) is 18.0 Å². The summed E-state index contributed by atoms with van der Waals surface area (Å²) in [5.41, 5.74) is 1.29. The van der Waals surface area contributed by atoms with Gasteiger partial charge in [0.25, 0.3) is 5.91 Å². The highest BCUT2D eigenvalue weighted by Gasteiger charge is 2.45. The summed E-state index contributed by atoms with van der Waals surface area (Å²) in [6.07, 6.45) is -2.17. The van der Waals surface area contributed by atoms with Gasteiger partial charge in [0.05, 0.1) is 23.8 Å². The number of nitrogens with one attached hydrogen (secondary N) is 1. The molecule has 0 bridgehead atoms. The van der Waals surface area contributed by atoms with Crippen molar-refractivity contribution in [2.75, 3.05) is 20.2 Å². The maximum absolute atomic E-state index is 13.3. The van der Waals surface area contributed by atoms with Crippen LogP contribution in [0.1, 0.15) is 15.9 Å². The lowest BCUT2D eigenvalue weighted by molar-refractivity contribution is -0.0209. The first-order valence-electron chi connectivity index (χ1n) is 9.32. The van der Waals surface area contributed by atoms with E-state index in [9.17, 15) is 19.4 Å². The third kappa shape index (κ3) is 5.12. The van der Waals surface area contributed by atoms with E-state index >= 15 is 0 Å². The maximum atomic E-state index is 13.3. The van der Waals surface area contributed by atoms with E-state index in [0.29, 0.717) is 6.54 Å². The van der Waals surface area contributed by atoms with Crippen molar-refractivity contribution in [3.05, 3.63) is 70.5 Å². The molecule has 0 saturated carbocycles. The average molecular weight is 423 g/mol. The first-order valence-corrected chi connectivity index (χ1v) is 9.70. The van der Waals surface area contributed by atoms with Crippen LogP contribution in [0, 0.1) is 5.82 Å². The molecule has 1 fully saturated rings. The molecule has 0 aliphatic carbocycles. The van der Waals surface area contributed by atoms with E-state index in [4.69, 9.17) is 16.3 Å². The van der Waals surface area contributed by atoms with Crippen LogP contribution in [0.25, 0.3) is 0 Å². The van der Waals surface area contributed by atoms with Gasteiger partial charge in [-0.3, -0.25) is 9.69 Å². The molecule has 0 aromatic heterocycles. The number of nitrogens with zero attached hydrogens (tertiary/aromatic N) is 1. The van der Waals surface area contributed by atoms with E-state index < -0.39 is 36.1 Å². The van der Waals surface area contributed by atoms with E-state index in [2.05, 4.69) is 5.32 Å². The molecule has 29 heavy (non-hydrogen) atoms. The monoisotopic (exact) mass is 422 g/mol. The molecule has 3 N–H and O–H groups in total. The van der Waals surface area contributed by atoms with Gasteiger partial charge in [-0.2, -0.15) is 0 Å². The largest absolute Gasteiger partial charge is 0.394 e. The summed E-state index contributed by atoms with van der Waals surface area (Å²) in [6.45, 7) is 0.363. The lowest BCUT2D eigenvalue weighted by Gasteiger charge is -2.30. The fourth-order valence-corrected chi connectivity index (χ4v) is 3.78. The third-order valence-corrected chi connectivity index (χ3v) is 5.36. The molecule has 0 radical (unpaired) electrons. The Hall–Kier alpha value is -2.03. The molecular formula is C21H24ClFN2O4. The number of ether oxygens (including phenoxy) is 1. The molecule has 2 aromatic carbocycles. The highest BCUT2D eigenvalue weighted by Crippen LogP contribution is 2.26. The number of rotatable bonds is 7. The number of benzene rings is 2. The predicted octanol–water partition coefficient (Wildman–Crippen LogP) is 1.83. The standard InChI is InChI=1S/C21H24ClFN2O4/c1-25(11-13-5-3-2-4-6-13)19-17(29-18(12-26)20(19)27)10-24-21(28)14-7-8-16(23)15(22)9-14/h2-9,17-20,26-27H,10-12H2,1H3,(H,24,28)/t17-,18+,19+,20-/m1/s1. The first kappa shape index (κ1) is 21.7. The van der Waals surface area contributed by atoms with Crippen LogP contribution in [0.15, 0.2) is 48.5 Å². The minimum Gasteiger partial charge on any atom is -0.394 e. The van der Waals surface area contributed by atoms with Gasteiger partial charge >= 0.3 is 0 Å². The van der Waals surface area contributed by atoms with Crippen LogP contribution in [-0.2, 0) is 11.3 Å². The zero-order valence-electron chi connectivity index (χ0n) is 16.0. The number of hydrogen-bond donors (Lipinski definition) is 3. The fraction of sp³-hybridized carbons (Fsp3) is 0.381. The Kier molecular flexibility index (Phi) is 7.21. The summed E-state index contributed by atoms with van der Waals surface area (Å²) >= 11 is 5.74. The Bertz CT molecular complexity index is 839. The van der Waals surface area contributed by atoms with Crippen LogP contribution in [0.3, 0.4) is 0 Å². The highest BCUT2D eigenvalue weighted by atomic mass is 35.5. The van der Waals surface area contributed by atoms with E-state index in [1.165, 1.54) is 12.1 Å². The second kappa shape index (κ2) is 9.65. The Balaban J connectivity index is 1.68. The van der Waals surface area contributed by atoms with Crippen molar-refractivity contribution >= 4 is 17.5 Å². The van der Waals surface area contributed by atoms with E-state index in [1.54, 1.807) is 0 Å². The van der Waals surface area contributed by atoms with Gasteiger partial charge in [0, 0.05) is 18.7 Å². The van der Waals surface area contributed by atoms with Crippen molar-refractivity contribution in [2.24, 2.45) is 0 Å². The number of aliphatic hydroxyl groups is 2. The van der Waals surface area contributed by atoms with Crippen LogP contribution >= 0.6 is 11.6 Å². The number of carbonyl (C=O) groups is 1. The van der Waals surface area contributed by atoms with E-state index in [1.807, 2.05) is 42.3 Å². The highest BCUT2D eigenvalue weighted by molar-refractivity contribution is 6.31. The van der Waals surface area contributed by atoms with Gasteiger partial charge in [0.15, 0.2) is 0 Å². The van der Waals surface area contributed by atoms with Crippen molar-refractivity contribution in [3.8, 4) is 0 Å². The molecule has 6 nitrogen and oxygen atoms in total. The van der Waals surface area contributed by atoms with Crippen LogP contribution in [0.2, 0.25) is 5.02 Å². The Labute approximate surface area is 173 Å². The van der Waals surface area contributed by atoms with Gasteiger partial charge in [-0.05, 0) is 30.8 Å². The summed E-state index contributed by atoms with van der Waals surface area (Å²) in [7, 11) is 1.86. The molecule has 0 spiro atoms. The molecule has 4 atom stereocenters. The van der Waals surface area contributed by atoms with Crippen molar-refractivity contribution < 1.29 is 24.1 Å². The quantitative estimate of drug-likeness (QED) is 0.634. The van der Waals surface area contributed by atoms with E-state index in [0.717, 1.165) is 11.6 Å². The van der Waals surface area contributed by atoms with Gasteiger partial charge in [-0.1, -0.05) is 41.9 Å². The minimum atomic E-state index is -0.907. The molecule has 0 unspecified atom stereocenters. The Morgan fingerprint density at radius 1 is 1.24 bits per heavy atom. The number of amides is 1. The van der Waals surface area contributed by atoms with Gasteiger partial charge in [-0.15, -0.1) is 0 Å². The van der Waals surface area contributed by atoms with E-state index in [-0.39, 0.29) is 23.7 Å². The predicted molar refractivity (Wildman–Crippen MR) is 107 cm³/mol. The third-order valence-electron chi connectivity index (χ3n) is 5.07. The number of aliphatic hydroxyl groups excluding tert-OH is 2. The fourth-order valence-electron chi connectivity index (χ4n) is 3.60. The van der Waals surface area contributed by atoms with Crippen molar-refractivity contribution in [1.29, 1.82) is 0 Å². The summed E-state index contributed by atoms with van der Waals surface area (Å²) < 4.78 is 19.1. The number of carbonyl (C=O) groups excluding carboxylic acids is 1.